The second-order valence-electron chi connectivity index (χ2n) is 10.5. The number of phosphoric ester groups is 1. The summed E-state index contributed by atoms with van der Waals surface area (Å²) in [7, 11) is -4.39. The van der Waals surface area contributed by atoms with Gasteiger partial charge in [0, 0.05) is 6.54 Å². The second kappa shape index (κ2) is 28.2. The van der Waals surface area contributed by atoms with E-state index in [9.17, 15) is 24.5 Å². The Morgan fingerprint density at radius 2 is 1.48 bits per heavy atom. The highest BCUT2D eigenvalue weighted by Crippen LogP contribution is 2.43. The van der Waals surface area contributed by atoms with E-state index in [4.69, 9.17) is 14.8 Å². The summed E-state index contributed by atoms with van der Waals surface area (Å²) in [6.45, 7) is 3.73. The molecule has 9 nitrogen and oxygen atoms in total. The first-order chi connectivity index (χ1) is 20.3. The molecule has 0 aromatic carbocycles. The van der Waals surface area contributed by atoms with Crippen LogP contribution in [0, 0.1) is 0 Å². The van der Waals surface area contributed by atoms with Crippen molar-refractivity contribution < 1.29 is 33.5 Å². The number of unbranched alkanes of at least 4 members (excludes halogenated alkanes) is 9. The molecule has 4 unspecified atom stereocenters. The van der Waals surface area contributed by atoms with Crippen molar-refractivity contribution in [1.29, 1.82) is 0 Å². The van der Waals surface area contributed by atoms with Crippen LogP contribution in [0.5, 0.6) is 0 Å². The predicted molar refractivity (Wildman–Crippen MR) is 172 cm³/mol. The van der Waals surface area contributed by atoms with E-state index in [1.165, 1.54) is 25.3 Å². The van der Waals surface area contributed by atoms with E-state index in [0.29, 0.717) is 12.8 Å². The summed E-state index contributed by atoms with van der Waals surface area (Å²) in [6, 6.07) is -1.00. The van der Waals surface area contributed by atoms with Gasteiger partial charge in [0.15, 0.2) is 0 Å². The van der Waals surface area contributed by atoms with Gasteiger partial charge in [-0.25, -0.2) is 4.57 Å². The smallest absolute Gasteiger partial charge is 0.393 e. The predicted octanol–water partition coefficient (Wildman–Crippen LogP) is 6.40. The number of aliphatic hydroxyl groups is 2. The van der Waals surface area contributed by atoms with Gasteiger partial charge in [0.1, 0.15) is 0 Å². The number of amides is 1. The molecule has 0 saturated carbocycles. The Kier molecular flexibility index (Phi) is 27.1. The molecule has 0 aliphatic carbocycles. The van der Waals surface area contributed by atoms with Crippen LogP contribution >= 0.6 is 7.82 Å². The highest BCUT2D eigenvalue weighted by Gasteiger charge is 2.27. The summed E-state index contributed by atoms with van der Waals surface area (Å²) in [5.41, 5.74) is 5.30. The molecule has 10 heteroatoms. The topological polar surface area (TPSA) is 151 Å². The molecular weight excluding hydrogens is 555 g/mol. The average molecular weight is 615 g/mol. The van der Waals surface area contributed by atoms with E-state index in [0.717, 1.165) is 57.8 Å². The van der Waals surface area contributed by atoms with E-state index in [-0.39, 0.29) is 19.6 Å². The second-order valence-corrected chi connectivity index (χ2v) is 12.0. The van der Waals surface area contributed by atoms with Gasteiger partial charge in [-0.1, -0.05) is 101 Å². The molecule has 0 aliphatic rings. The summed E-state index contributed by atoms with van der Waals surface area (Å²) < 4.78 is 21.8. The van der Waals surface area contributed by atoms with Gasteiger partial charge in [0.25, 0.3) is 0 Å². The summed E-state index contributed by atoms with van der Waals surface area (Å²) >= 11 is 0. The Morgan fingerprint density at radius 1 is 0.833 bits per heavy atom. The van der Waals surface area contributed by atoms with Crippen LogP contribution in [0.2, 0.25) is 0 Å². The number of phosphoric acid groups is 1. The Labute approximate surface area is 255 Å². The van der Waals surface area contributed by atoms with Gasteiger partial charge in [0.2, 0.25) is 5.91 Å². The van der Waals surface area contributed by atoms with Crippen LogP contribution in [-0.2, 0) is 18.4 Å². The fraction of sp³-hybridized carbons (Fsp3) is 0.719. The van der Waals surface area contributed by atoms with Gasteiger partial charge in [-0.2, -0.15) is 0 Å². The lowest BCUT2D eigenvalue weighted by Gasteiger charge is -2.24. The van der Waals surface area contributed by atoms with Gasteiger partial charge >= 0.3 is 7.82 Å². The standard InChI is InChI=1S/C32H59N2O7P/c1-3-5-7-9-11-12-13-14-15-16-18-19-21-23-29(35)27-32(37)34-30(28-41-42(38,39)40-26-25-33)31(36)24-22-20-17-10-8-6-4-2/h8,10-14,22,24,29-31,35-36H,3-7,9,15-21,23,25-28,33H2,1-2H3,(H,34,37)(H,38,39)/b10-8+,12-11-,14-13-,24-22+. The average Bonchev–Trinajstić information content (AvgIpc) is 2.96. The molecule has 0 aromatic heterocycles. The summed E-state index contributed by atoms with van der Waals surface area (Å²) in [6.07, 6.45) is 28.0. The number of carbonyl (C=O) groups excluding carboxylic acids is 1. The molecule has 0 aliphatic heterocycles. The van der Waals surface area contributed by atoms with Gasteiger partial charge in [-0.05, 0) is 51.4 Å². The Hall–Kier alpha value is -1.58. The molecule has 42 heavy (non-hydrogen) atoms. The molecule has 0 rings (SSSR count). The molecular formula is C32H59N2O7P. The van der Waals surface area contributed by atoms with Crippen LogP contribution in [0.4, 0.5) is 0 Å². The zero-order chi connectivity index (χ0) is 31.3. The number of nitrogens with one attached hydrogen (secondary N) is 1. The Bertz CT molecular complexity index is 817. The quantitative estimate of drug-likeness (QED) is 0.0294. The van der Waals surface area contributed by atoms with Crippen LogP contribution < -0.4 is 11.1 Å². The fourth-order valence-corrected chi connectivity index (χ4v) is 4.77. The zero-order valence-electron chi connectivity index (χ0n) is 26.1. The Morgan fingerprint density at radius 3 is 2.14 bits per heavy atom. The normalized spacial score (nSPS) is 16.0. The molecule has 244 valence electrons. The molecule has 0 aromatic rings. The first-order valence-electron chi connectivity index (χ1n) is 15.9. The van der Waals surface area contributed by atoms with Crippen molar-refractivity contribution in [3.05, 3.63) is 48.6 Å². The highest BCUT2D eigenvalue weighted by atomic mass is 31.2. The van der Waals surface area contributed by atoms with Gasteiger partial charge in [0.05, 0.1) is 37.9 Å². The number of hydrogen-bond acceptors (Lipinski definition) is 7. The lowest BCUT2D eigenvalue weighted by Crippen LogP contribution is -2.46. The van der Waals surface area contributed by atoms with Crippen LogP contribution in [0.3, 0.4) is 0 Å². The number of aliphatic hydroxyl groups excluding tert-OH is 2. The third-order valence-corrected chi connectivity index (χ3v) is 7.42. The first-order valence-corrected chi connectivity index (χ1v) is 17.4. The molecule has 6 N–H and O–H groups in total. The van der Waals surface area contributed by atoms with Crippen molar-refractivity contribution in [2.24, 2.45) is 5.73 Å². The number of carbonyl (C=O) groups is 1. The molecule has 4 atom stereocenters. The van der Waals surface area contributed by atoms with Crippen molar-refractivity contribution in [3.63, 3.8) is 0 Å². The molecule has 0 fully saturated rings. The van der Waals surface area contributed by atoms with Crippen molar-refractivity contribution in [1.82, 2.24) is 5.32 Å². The minimum absolute atomic E-state index is 0.0396. The van der Waals surface area contributed by atoms with Crippen molar-refractivity contribution in [2.45, 2.75) is 128 Å². The molecule has 0 heterocycles. The summed E-state index contributed by atoms with van der Waals surface area (Å²) in [5, 5.41) is 23.6. The molecule has 1 amide bonds. The minimum Gasteiger partial charge on any atom is -0.393 e. The van der Waals surface area contributed by atoms with E-state index >= 15 is 0 Å². The number of rotatable bonds is 28. The molecule has 0 spiro atoms. The maximum atomic E-state index is 12.6. The summed E-state index contributed by atoms with van der Waals surface area (Å²) in [4.78, 5) is 22.4. The SMILES string of the molecule is CCC/C=C/CC/C=C/C(O)C(COP(=O)(O)OCCN)NC(=O)CC(O)CCCCCC/C=C\C=C/CCCCC. The van der Waals surface area contributed by atoms with Gasteiger partial charge in [-0.3, -0.25) is 13.8 Å². The third-order valence-electron chi connectivity index (χ3n) is 6.44. The number of allylic oxidation sites excluding steroid dienone is 7. The Balaban J connectivity index is 4.54. The van der Waals surface area contributed by atoms with Crippen molar-refractivity contribution >= 4 is 13.7 Å². The molecule has 0 saturated heterocycles. The van der Waals surface area contributed by atoms with E-state index in [2.05, 4.69) is 55.6 Å². The van der Waals surface area contributed by atoms with Crippen molar-refractivity contribution in [2.75, 3.05) is 19.8 Å². The minimum atomic E-state index is -4.39. The van der Waals surface area contributed by atoms with Crippen molar-refractivity contribution in [3.8, 4) is 0 Å². The van der Waals surface area contributed by atoms with Crippen LogP contribution in [-0.4, -0.2) is 59.0 Å². The molecule has 0 bridgehead atoms. The van der Waals surface area contributed by atoms with Gasteiger partial charge in [-0.15, -0.1) is 0 Å². The lowest BCUT2D eigenvalue weighted by molar-refractivity contribution is -0.124. The lowest BCUT2D eigenvalue weighted by atomic mass is 10.0. The van der Waals surface area contributed by atoms with Gasteiger partial charge < -0.3 is 26.2 Å². The number of nitrogens with two attached hydrogens (primary N) is 1. The maximum Gasteiger partial charge on any atom is 0.472 e. The van der Waals surface area contributed by atoms with Crippen LogP contribution in [0.15, 0.2) is 48.6 Å². The third kappa shape index (κ3) is 26.1. The van der Waals surface area contributed by atoms with E-state index in [1.54, 1.807) is 6.08 Å². The monoisotopic (exact) mass is 614 g/mol. The van der Waals surface area contributed by atoms with Crippen LogP contribution in [0.1, 0.15) is 110 Å². The largest absolute Gasteiger partial charge is 0.472 e. The van der Waals surface area contributed by atoms with Crippen LogP contribution in [0.25, 0.3) is 0 Å². The summed E-state index contributed by atoms with van der Waals surface area (Å²) in [5.74, 6) is -0.477. The number of hydrogen-bond donors (Lipinski definition) is 5. The molecule has 0 radical (unpaired) electrons. The van der Waals surface area contributed by atoms with E-state index < -0.39 is 38.6 Å². The first kappa shape index (κ1) is 40.4. The maximum absolute atomic E-state index is 12.6. The highest BCUT2D eigenvalue weighted by molar-refractivity contribution is 7.47. The zero-order valence-corrected chi connectivity index (χ0v) is 27.0. The fourth-order valence-electron chi connectivity index (χ4n) is 4.01. The van der Waals surface area contributed by atoms with E-state index in [1.807, 2.05) is 0 Å².